The van der Waals surface area contributed by atoms with Gasteiger partial charge in [-0.05, 0) is 37.8 Å². The second kappa shape index (κ2) is 5.47. The van der Waals surface area contributed by atoms with Crippen LogP contribution in [-0.2, 0) is 0 Å². The summed E-state index contributed by atoms with van der Waals surface area (Å²) in [6.45, 7) is 3.89. The number of rotatable bonds is 3. The standard InChI is InChI=1S/C13H20N2O2/c1-10(17)13-5-4-12(7-14-13)15-6-2-3-11(8-15)9-16/h4-5,7,10-11,16-17H,2-3,6,8-9H2,1H3/t10-,11?/m0/s1. The summed E-state index contributed by atoms with van der Waals surface area (Å²) < 4.78 is 0. The van der Waals surface area contributed by atoms with Gasteiger partial charge in [-0.2, -0.15) is 0 Å². The number of anilines is 1. The summed E-state index contributed by atoms with van der Waals surface area (Å²) in [7, 11) is 0. The normalized spacial score (nSPS) is 22.5. The van der Waals surface area contributed by atoms with Crippen molar-refractivity contribution in [2.75, 3.05) is 24.6 Å². The van der Waals surface area contributed by atoms with Gasteiger partial charge in [-0.25, -0.2) is 0 Å². The second-order valence-electron chi connectivity index (χ2n) is 4.75. The van der Waals surface area contributed by atoms with Crippen LogP contribution in [0.1, 0.15) is 31.6 Å². The number of piperidine rings is 1. The maximum atomic E-state index is 9.40. The minimum atomic E-state index is -0.518. The van der Waals surface area contributed by atoms with Gasteiger partial charge in [0, 0.05) is 19.7 Å². The summed E-state index contributed by atoms with van der Waals surface area (Å²) in [5.74, 6) is 0.375. The minimum absolute atomic E-state index is 0.260. The third kappa shape index (κ3) is 2.96. The molecule has 0 aliphatic carbocycles. The molecule has 1 aromatic rings. The van der Waals surface area contributed by atoms with E-state index in [0.29, 0.717) is 11.6 Å². The first-order valence-corrected chi connectivity index (χ1v) is 6.20. The first kappa shape index (κ1) is 12.3. The van der Waals surface area contributed by atoms with E-state index in [-0.39, 0.29) is 6.61 Å². The predicted molar refractivity (Wildman–Crippen MR) is 66.9 cm³/mol. The van der Waals surface area contributed by atoms with Crippen LogP contribution in [0.4, 0.5) is 5.69 Å². The average Bonchev–Trinajstić information content (AvgIpc) is 2.39. The van der Waals surface area contributed by atoms with Crippen molar-refractivity contribution < 1.29 is 10.2 Å². The number of pyridine rings is 1. The van der Waals surface area contributed by atoms with Gasteiger partial charge in [0.25, 0.3) is 0 Å². The molecule has 0 aromatic carbocycles. The van der Waals surface area contributed by atoms with Crippen LogP contribution >= 0.6 is 0 Å². The second-order valence-corrected chi connectivity index (χ2v) is 4.75. The minimum Gasteiger partial charge on any atom is -0.396 e. The van der Waals surface area contributed by atoms with Gasteiger partial charge >= 0.3 is 0 Å². The molecule has 2 atom stereocenters. The van der Waals surface area contributed by atoms with Crippen molar-refractivity contribution in [1.29, 1.82) is 0 Å². The van der Waals surface area contributed by atoms with Gasteiger partial charge in [0.1, 0.15) is 0 Å². The Morgan fingerprint density at radius 3 is 2.94 bits per heavy atom. The molecule has 0 saturated carbocycles. The fourth-order valence-corrected chi connectivity index (χ4v) is 2.28. The van der Waals surface area contributed by atoms with E-state index in [1.165, 1.54) is 0 Å². The fraction of sp³-hybridized carbons (Fsp3) is 0.615. The molecule has 4 nitrogen and oxygen atoms in total. The molecule has 2 N–H and O–H groups in total. The molecule has 4 heteroatoms. The predicted octanol–water partition coefficient (Wildman–Crippen LogP) is 1.34. The molecule has 1 aromatic heterocycles. The number of hydrogen-bond donors (Lipinski definition) is 2. The maximum Gasteiger partial charge on any atom is 0.0931 e. The molecule has 17 heavy (non-hydrogen) atoms. The molecule has 1 aliphatic heterocycles. The molecule has 1 saturated heterocycles. The maximum absolute atomic E-state index is 9.40. The highest BCUT2D eigenvalue weighted by atomic mass is 16.3. The lowest BCUT2D eigenvalue weighted by molar-refractivity contribution is 0.194. The lowest BCUT2D eigenvalue weighted by Crippen LogP contribution is -2.36. The molecular weight excluding hydrogens is 216 g/mol. The van der Waals surface area contributed by atoms with E-state index in [9.17, 15) is 10.2 Å². The Hall–Kier alpha value is -1.13. The smallest absolute Gasteiger partial charge is 0.0931 e. The monoisotopic (exact) mass is 236 g/mol. The summed E-state index contributed by atoms with van der Waals surface area (Å²) in [5, 5.41) is 18.6. The van der Waals surface area contributed by atoms with Gasteiger partial charge in [-0.1, -0.05) is 0 Å². The quantitative estimate of drug-likeness (QED) is 0.831. The SMILES string of the molecule is C[C@H](O)c1ccc(N2CCCC(CO)C2)cn1. The van der Waals surface area contributed by atoms with E-state index in [0.717, 1.165) is 31.6 Å². The van der Waals surface area contributed by atoms with E-state index in [1.54, 1.807) is 6.92 Å². The Kier molecular flexibility index (Phi) is 3.97. The molecule has 0 spiro atoms. The third-order valence-corrected chi connectivity index (χ3v) is 3.34. The van der Waals surface area contributed by atoms with Crippen LogP contribution in [0.2, 0.25) is 0 Å². The number of aromatic nitrogens is 1. The summed E-state index contributed by atoms with van der Waals surface area (Å²) in [4.78, 5) is 6.50. The van der Waals surface area contributed by atoms with Crippen LogP contribution in [0.5, 0.6) is 0 Å². The Bertz CT molecular complexity index is 351. The number of nitrogens with zero attached hydrogens (tertiary/aromatic N) is 2. The highest BCUT2D eigenvalue weighted by molar-refractivity contribution is 5.45. The highest BCUT2D eigenvalue weighted by Gasteiger charge is 2.19. The third-order valence-electron chi connectivity index (χ3n) is 3.34. The van der Waals surface area contributed by atoms with Gasteiger partial charge in [0.15, 0.2) is 0 Å². The number of hydrogen-bond acceptors (Lipinski definition) is 4. The zero-order valence-electron chi connectivity index (χ0n) is 10.2. The van der Waals surface area contributed by atoms with Gasteiger partial charge in [0.2, 0.25) is 0 Å². The van der Waals surface area contributed by atoms with Crippen molar-refractivity contribution >= 4 is 5.69 Å². The lowest BCUT2D eigenvalue weighted by atomic mass is 9.99. The van der Waals surface area contributed by atoms with Crippen molar-refractivity contribution in [2.24, 2.45) is 5.92 Å². The van der Waals surface area contributed by atoms with Crippen molar-refractivity contribution in [3.63, 3.8) is 0 Å². The molecular formula is C13H20N2O2. The lowest BCUT2D eigenvalue weighted by Gasteiger charge is -2.33. The Morgan fingerprint density at radius 1 is 1.53 bits per heavy atom. The molecule has 1 unspecified atom stereocenters. The molecule has 0 amide bonds. The van der Waals surface area contributed by atoms with E-state index >= 15 is 0 Å². The van der Waals surface area contributed by atoms with Crippen LogP contribution in [-0.4, -0.2) is 34.9 Å². The first-order chi connectivity index (χ1) is 8.20. The van der Waals surface area contributed by atoms with Gasteiger partial charge < -0.3 is 15.1 Å². The topological polar surface area (TPSA) is 56.6 Å². The van der Waals surface area contributed by atoms with Crippen molar-refractivity contribution in [3.8, 4) is 0 Å². The average molecular weight is 236 g/mol. The van der Waals surface area contributed by atoms with E-state index in [2.05, 4.69) is 9.88 Å². The molecule has 2 heterocycles. The van der Waals surface area contributed by atoms with Gasteiger partial charge in [0.05, 0.1) is 23.7 Å². The summed E-state index contributed by atoms with van der Waals surface area (Å²) in [6.07, 6.45) is 3.51. The van der Waals surface area contributed by atoms with E-state index in [4.69, 9.17) is 0 Å². The summed E-state index contributed by atoms with van der Waals surface area (Å²) in [5.41, 5.74) is 1.78. The Labute approximate surface area is 102 Å². The Balaban J connectivity index is 2.06. The van der Waals surface area contributed by atoms with Gasteiger partial charge in [-0.15, -0.1) is 0 Å². The van der Waals surface area contributed by atoms with Crippen molar-refractivity contribution in [3.05, 3.63) is 24.0 Å². The van der Waals surface area contributed by atoms with Crippen LogP contribution in [0.15, 0.2) is 18.3 Å². The van der Waals surface area contributed by atoms with Crippen molar-refractivity contribution in [2.45, 2.75) is 25.9 Å². The molecule has 94 valence electrons. The van der Waals surface area contributed by atoms with Crippen LogP contribution in [0, 0.1) is 5.92 Å². The fourth-order valence-electron chi connectivity index (χ4n) is 2.28. The van der Waals surface area contributed by atoms with E-state index in [1.807, 2.05) is 18.3 Å². The molecule has 1 fully saturated rings. The number of aliphatic hydroxyl groups is 2. The first-order valence-electron chi connectivity index (χ1n) is 6.20. The molecule has 0 radical (unpaired) electrons. The Morgan fingerprint density at radius 2 is 2.35 bits per heavy atom. The molecule has 0 bridgehead atoms. The zero-order chi connectivity index (χ0) is 12.3. The van der Waals surface area contributed by atoms with Crippen LogP contribution < -0.4 is 4.90 Å². The van der Waals surface area contributed by atoms with Crippen LogP contribution in [0.25, 0.3) is 0 Å². The van der Waals surface area contributed by atoms with Gasteiger partial charge in [-0.3, -0.25) is 4.98 Å². The molecule has 1 aliphatic rings. The summed E-state index contributed by atoms with van der Waals surface area (Å²) >= 11 is 0. The highest BCUT2D eigenvalue weighted by Crippen LogP contribution is 2.23. The largest absolute Gasteiger partial charge is 0.396 e. The van der Waals surface area contributed by atoms with Crippen LogP contribution in [0.3, 0.4) is 0 Å². The van der Waals surface area contributed by atoms with Crippen molar-refractivity contribution in [1.82, 2.24) is 4.98 Å². The molecule has 2 rings (SSSR count). The van der Waals surface area contributed by atoms with E-state index < -0.39 is 6.10 Å². The zero-order valence-corrected chi connectivity index (χ0v) is 10.2. The number of aliphatic hydroxyl groups excluding tert-OH is 2. The summed E-state index contributed by atoms with van der Waals surface area (Å²) in [6, 6.07) is 3.86.